The van der Waals surface area contributed by atoms with Gasteiger partial charge in [-0.1, -0.05) is 6.92 Å². The molecule has 0 aliphatic heterocycles. The van der Waals surface area contributed by atoms with Crippen LogP contribution in [0.1, 0.15) is 37.5 Å². The molecule has 110 valence electrons. The van der Waals surface area contributed by atoms with Crippen molar-refractivity contribution in [3.05, 3.63) is 39.5 Å². The predicted molar refractivity (Wildman–Crippen MR) is 79.8 cm³/mol. The Balaban J connectivity index is 2.01. The molecule has 0 saturated carbocycles. The zero-order valence-electron chi connectivity index (χ0n) is 11.6. The van der Waals surface area contributed by atoms with Gasteiger partial charge in [-0.15, -0.1) is 11.3 Å². The number of rotatable bonds is 3. The fourth-order valence-electron chi connectivity index (χ4n) is 1.74. The third-order valence-corrected chi connectivity index (χ3v) is 4.18. The number of aryl methyl sites for hydroxylation is 2. The summed E-state index contributed by atoms with van der Waals surface area (Å²) in [4.78, 5) is 33.0. The van der Waals surface area contributed by atoms with Crippen LogP contribution in [0, 0.1) is 6.92 Å². The summed E-state index contributed by atoms with van der Waals surface area (Å²) < 4.78 is 0. The Morgan fingerprint density at radius 1 is 1.24 bits per heavy atom. The summed E-state index contributed by atoms with van der Waals surface area (Å²) >= 11 is 1.40. The van der Waals surface area contributed by atoms with Crippen LogP contribution in [0.15, 0.2) is 18.5 Å². The maximum absolute atomic E-state index is 12.0. The topological polar surface area (TPSA) is 110 Å². The SMILES string of the molecule is CCc1sc(C(=O)NNC(=O)c2nccnc2N)cc1C. The molecule has 0 atom stereocenters. The summed E-state index contributed by atoms with van der Waals surface area (Å²) in [5.74, 6) is -0.985. The molecule has 0 fully saturated rings. The third kappa shape index (κ3) is 3.34. The second-order valence-electron chi connectivity index (χ2n) is 4.27. The van der Waals surface area contributed by atoms with Gasteiger partial charge in [0, 0.05) is 17.3 Å². The quantitative estimate of drug-likeness (QED) is 0.735. The van der Waals surface area contributed by atoms with E-state index in [9.17, 15) is 9.59 Å². The van der Waals surface area contributed by atoms with Gasteiger partial charge in [0.05, 0.1) is 4.88 Å². The van der Waals surface area contributed by atoms with Crippen LogP contribution in [-0.2, 0) is 6.42 Å². The molecule has 2 aromatic rings. The highest BCUT2D eigenvalue weighted by Gasteiger charge is 2.15. The number of thiophene rings is 1. The number of nitrogens with two attached hydrogens (primary N) is 1. The molecule has 8 heteroatoms. The number of carbonyl (C=O) groups is 2. The molecule has 21 heavy (non-hydrogen) atoms. The maximum Gasteiger partial charge on any atom is 0.292 e. The zero-order valence-corrected chi connectivity index (χ0v) is 12.5. The number of carbonyl (C=O) groups excluding carboxylic acids is 2. The van der Waals surface area contributed by atoms with E-state index in [-0.39, 0.29) is 17.4 Å². The average Bonchev–Trinajstić information content (AvgIpc) is 2.86. The fraction of sp³-hybridized carbons (Fsp3) is 0.231. The molecule has 0 aromatic carbocycles. The van der Waals surface area contributed by atoms with Crippen molar-refractivity contribution in [2.24, 2.45) is 0 Å². The van der Waals surface area contributed by atoms with Crippen LogP contribution >= 0.6 is 11.3 Å². The van der Waals surface area contributed by atoms with Gasteiger partial charge in [-0.05, 0) is 25.0 Å². The summed E-state index contributed by atoms with van der Waals surface area (Å²) in [6, 6.07) is 1.79. The Hall–Kier alpha value is -2.48. The Labute approximate surface area is 125 Å². The molecule has 0 aliphatic rings. The number of hydrogen-bond acceptors (Lipinski definition) is 6. The highest BCUT2D eigenvalue weighted by Crippen LogP contribution is 2.21. The first-order chi connectivity index (χ1) is 10.0. The van der Waals surface area contributed by atoms with E-state index in [1.807, 2.05) is 13.8 Å². The summed E-state index contributed by atoms with van der Waals surface area (Å²) in [5.41, 5.74) is 11.2. The van der Waals surface area contributed by atoms with Gasteiger partial charge in [0.25, 0.3) is 11.8 Å². The van der Waals surface area contributed by atoms with Crippen molar-refractivity contribution in [1.82, 2.24) is 20.8 Å². The predicted octanol–water partition coefficient (Wildman–Crippen LogP) is 1.07. The molecule has 0 spiro atoms. The summed E-state index contributed by atoms with van der Waals surface area (Å²) in [7, 11) is 0. The Kier molecular flexibility index (Phi) is 4.49. The van der Waals surface area contributed by atoms with E-state index in [0.717, 1.165) is 16.9 Å². The molecular weight excluding hydrogens is 290 g/mol. The monoisotopic (exact) mass is 305 g/mol. The lowest BCUT2D eigenvalue weighted by Crippen LogP contribution is -2.42. The molecule has 2 rings (SSSR count). The lowest BCUT2D eigenvalue weighted by molar-refractivity contribution is 0.0846. The summed E-state index contributed by atoms with van der Waals surface area (Å²) in [6.07, 6.45) is 3.60. The number of nitrogens with zero attached hydrogens (tertiary/aromatic N) is 2. The molecule has 0 unspecified atom stereocenters. The number of aromatic nitrogens is 2. The van der Waals surface area contributed by atoms with Gasteiger partial charge >= 0.3 is 0 Å². The standard InChI is InChI=1S/C13H15N5O2S/c1-3-8-7(2)6-9(21-8)12(19)17-18-13(20)10-11(14)16-5-4-15-10/h4-6H,3H2,1-2H3,(H2,14,16)(H,17,19)(H,18,20). The van der Waals surface area contributed by atoms with Crippen molar-refractivity contribution in [3.8, 4) is 0 Å². The Morgan fingerprint density at radius 3 is 2.52 bits per heavy atom. The van der Waals surface area contributed by atoms with Gasteiger partial charge in [0.15, 0.2) is 11.5 Å². The van der Waals surface area contributed by atoms with Gasteiger partial charge in [-0.25, -0.2) is 9.97 Å². The van der Waals surface area contributed by atoms with Crippen molar-refractivity contribution in [1.29, 1.82) is 0 Å². The third-order valence-electron chi connectivity index (χ3n) is 2.80. The number of nitrogen functional groups attached to an aromatic ring is 1. The zero-order chi connectivity index (χ0) is 15.4. The van der Waals surface area contributed by atoms with Crippen LogP contribution in [0.5, 0.6) is 0 Å². The summed E-state index contributed by atoms with van der Waals surface area (Å²) in [5, 5.41) is 0. The minimum absolute atomic E-state index is 0.00415. The first-order valence-electron chi connectivity index (χ1n) is 6.29. The van der Waals surface area contributed by atoms with Crippen molar-refractivity contribution in [3.63, 3.8) is 0 Å². The van der Waals surface area contributed by atoms with E-state index in [4.69, 9.17) is 5.73 Å². The van der Waals surface area contributed by atoms with Crippen LogP contribution < -0.4 is 16.6 Å². The van der Waals surface area contributed by atoms with Crippen molar-refractivity contribution in [2.45, 2.75) is 20.3 Å². The van der Waals surface area contributed by atoms with Crippen molar-refractivity contribution >= 4 is 29.0 Å². The maximum atomic E-state index is 12.0. The highest BCUT2D eigenvalue weighted by atomic mass is 32.1. The molecule has 0 saturated heterocycles. The molecule has 0 aliphatic carbocycles. The lowest BCUT2D eigenvalue weighted by Gasteiger charge is -2.06. The molecule has 7 nitrogen and oxygen atoms in total. The van der Waals surface area contributed by atoms with E-state index < -0.39 is 5.91 Å². The molecule has 4 N–H and O–H groups in total. The molecular formula is C13H15N5O2S. The number of nitrogens with one attached hydrogen (secondary N) is 2. The summed E-state index contributed by atoms with van der Waals surface area (Å²) in [6.45, 7) is 3.98. The average molecular weight is 305 g/mol. The fourth-order valence-corrected chi connectivity index (χ4v) is 2.75. The molecule has 0 bridgehead atoms. The number of hydrogen-bond donors (Lipinski definition) is 3. The van der Waals surface area contributed by atoms with Crippen LogP contribution in [-0.4, -0.2) is 21.8 Å². The number of amides is 2. The molecule has 0 radical (unpaired) electrons. The number of anilines is 1. The van der Waals surface area contributed by atoms with Gasteiger partial charge in [0.1, 0.15) is 0 Å². The number of hydrazine groups is 1. The van der Waals surface area contributed by atoms with Gasteiger partial charge in [-0.2, -0.15) is 0 Å². The van der Waals surface area contributed by atoms with Gasteiger partial charge < -0.3 is 5.73 Å². The van der Waals surface area contributed by atoms with E-state index >= 15 is 0 Å². The van der Waals surface area contributed by atoms with Crippen molar-refractivity contribution in [2.75, 3.05) is 5.73 Å². The largest absolute Gasteiger partial charge is 0.382 e. The minimum atomic E-state index is -0.613. The van der Waals surface area contributed by atoms with Crippen LogP contribution in [0.25, 0.3) is 0 Å². The van der Waals surface area contributed by atoms with E-state index in [1.54, 1.807) is 6.07 Å². The Morgan fingerprint density at radius 2 is 1.90 bits per heavy atom. The minimum Gasteiger partial charge on any atom is -0.382 e. The molecule has 2 aromatic heterocycles. The van der Waals surface area contributed by atoms with Crippen LogP contribution in [0.2, 0.25) is 0 Å². The van der Waals surface area contributed by atoms with E-state index in [1.165, 1.54) is 23.7 Å². The van der Waals surface area contributed by atoms with Gasteiger partial charge in [0.2, 0.25) is 0 Å². The first-order valence-corrected chi connectivity index (χ1v) is 7.11. The Bertz CT molecular complexity index is 683. The molecule has 2 amide bonds. The van der Waals surface area contributed by atoms with Crippen LogP contribution in [0.3, 0.4) is 0 Å². The van der Waals surface area contributed by atoms with Crippen molar-refractivity contribution < 1.29 is 9.59 Å². The van der Waals surface area contributed by atoms with Crippen LogP contribution in [0.4, 0.5) is 5.82 Å². The normalized spacial score (nSPS) is 10.2. The molecule has 2 heterocycles. The van der Waals surface area contributed by atoms with E-state index in [2.05, 4.69) is 20.8 Å². The smallest absolute Gasteiger partial charge is 0.292 e. The second-order valence-corrected chi connectivity index (χ2v) is 5.41. The van der Waals surface area contributed by atoms with E-state index in [0.29, 0.717) is 4.88 Å². The lowest BCUT2D eigenvalue weighted by atomic mass is 10.2. The van der Waals surface area contributed by atoms with Gasteiger partial charge in [-0.3, -0.25) is 20.4 Å². The first kappa shape index (κ1) is 14.9. The highest BCUT2D eigenvalue weighted by molar-refractivity contribution is 7.14. The second kappa shape index (κ2) is 6.31.